The molecule has 1 rings (SSSR count). The lowest BCUT2D eigenvalue weighted by Gasteiger charge is -2.28. The molecule has 1 aliphatic rings. The van der Waals surface area contributed by atoms with Gasteiger partial charge in [-0.05, 0) is 12.8 Å². The molecule has 0 unspecified atom stereocenters. The van der Waals surface area contributed by atoms with Crippen molar-refractivity contribution in [2.45, 2.75) is 25.4 Å². The van der Waals surface area contributed by atoms with Crippen molar-refractivity contribution in [3.8, 4) is 0 Å². The number of hydrogen-bond donors (Lipinski definition) is 1. The van der Waals surface area contributed by atoms with Crippen LogP contribution in [0.5, 0.6) is 0 Å². The third-order valence-corrected chi connectivity index (χ3v) is 2.09. The molecule has 0 aromatic carbocycles. The third kappa shape index (κ3) is 2.99. The first kappa shape index (κ1) is 8.68. The number of aliphatic hydroxyl groups excluding tert-OH is 1. The zero-order valence-electron chi connectivity index (χ0n) is 6.62. The summed E-state index contributed by atoms with van der Waals surface area (Å²) in [6.45, 7) is 2.64. The van der Waals surface area contributed by atoms with Crippen molar-refractivity contribution in [1.82, 2.24) is 4.90 Å². The molecule has 1 radical (unpaired) electrons. The van der Waals surface area contributed by atoms with Gasteiger partial charge in [0.2, 0.25) is 0 Å². The van der Waals surface area contributed by atoms with Crippen LogP contribution < -0.4 is 0 Å². The molecule has 0 aliphatic carbocycles. The minimum absolute atomic E-state index is 0.119. The van der Waals surface area contributed by atoms with Crippen molar-refractivity contribution in [2.24, 2.45) is 0 Å². The average molecular weight is 156 g/mol. The molecule has 0 atom stereocenters. The Balaban J connectivity index is 2.12. The summed E-state index contributed by atoms with van der Waals surface area (Å²) in [5.74, 6) is 0. The Morgan fingerprint density at radius 1 is 1.45 bits per heavy atom. The second kappa shape index (κ2) is 4.46. The lowest BCUT2D eigenvalue weighted by Crippen LogP contribution is -2.36. The van der Waals surface area contributed by atoms with E-state index < -0.39 is 0 Å². The quantitative estimate of drug-likeness (QED) is 0.622. The maximum absolute atomic E-state index is 9.91. The van der Waals surface area contributed by atoms with Crippen LogP contribution in [0.1, 0.15) is 19.3 Å². The van der Waals surface area contributed by atoms with E-state index in [4.69, 9.17) is 5.11 Å². The molecule has 3 heteroatoms. The van der Waals surface area contributed by atoms with Crippen LogP contribution in [0.3, 0.4) is 0 Å². The number of carbonyl (C=O) groups excluding carboxylic acids is 1. The zero-order chi connectivity index (χ0) is 8.10. The van der Waals surface area contributed by atoms with E-state index in [1.54, 1.807) is 0 Å². The highest BCUT2D eigenvalue weighted by molar-refractivity contribution is 5.50. The SMILES string of the molecule is O=[C]CCN1CCC(O)CC1. The molecule has 0 saturated carbocycles. The highest BCUT2D eigenvalue weighted by atomic mass is 16.3. The van der Waals surface area contributed by atoms with E-state index in [9.17, 15) is 4.79 Å². The van der Waals surface area contributed by atoms with Crippen molar-refractivity contribution >= 4 is 6.29 Å². The Kier molecular flexibility index (Phi) is 3.52. The first-order valence-corrected chi connectivity index (χ1v) is 4.08. The summed E-state index contributed by atoms with van der Waals surface area (Å²) in [6, 6.07) is 0. The fourth-order valence-corrected chi connectivity index (χ4v) is 1.35. The Labute approximate surface area is 67.0 Å². The number of hydrogen-bond acceptors (Lipinski definition) is 3. The number of likely N-dealkylation sites (tertiary alicyclic amines) is 1. The molecule has 0 bridgehead atoms. The minimum atomic E-state index is -0.119. The van der Waals surface area contributed by atoms with Gasteiger partial charge in [0.15, 0.2) is 6.29 Å². The third-order valence-electron chi connectivity index (χ3n) is 2.09. The number of piperidine rings is 1. The van der Waals surface area contributed by atoms with Crippen LogP contribution in [0.25, 0.3) is 0 Å². The summed E-state index contributed by atoms with van der Waals surface area (Å²) < 4.78 is 0. The molecular formula is C8H14NO2. The Bertz CT molecular complexity index is 119. The smallest absolute Gasteiger partial charge is 0.199 e. The van der Waals surface area contributed by atoms with Crippen molar-refractivity contribution in [3.05, 3.63) is 0 Å². The van der Waals surface area contributed by atoms with Crippen LogP contribution in [0, 0.1) is 0 Å². The van der Waals surface area contributed by atoms with Gasteiger partial charge in [0, 0.05) is 26.1 Å². The maximum Gasteiger partial charge on any atom is 0.199 e. The molecule has 1 fully saturated rings. The largest absolute Gasteiger partial charge is 0.393 e. The highest BCUT2D eigenvalue weighted by Gasteiger charge is 2.15. The summed E-state index contributed by atoms with van der Waals surface area (Å²) >= 11 is 0. The van der Waals surface area contributed by atoms with Crippen LogP contribution in [0.4, 0.5) is 0 Å². The molecule has 0 aromatic heterocycles. The second-order valence-corrected chi connectivity index (χ2v) is 2.97. The predicted octanol–water partition coefficient (Wildman–Crippen LogP) is -0.0571. The van der Waals surface area contributed by atoms with E-state index in [1.165, 1.54) is 0 Å². The molecule has 63 valence electrons. The first-order chi connectivity index (χ1) is 5.33. The summed E-state index contributed by atoms with van der Waals surface area (Å²) in [7, 11) is 0. The topological polar surface area (TPSA) is 40.5 Å². The molecule has 0 spiro atoms. The van der Waals surface area contributed by atoms with Crippen LogP contribution in [0.2, 0.25) is 0 Å². The summed E-state index contributed by atoms with van der Waals surface area (Å²) in [4.78, 5) is 12.1. The first-order valence-electron chi connectivity index (χ1n) is 4.08. The van der Waals surface area contributed by atoms with Gasteiger partial charge in [-0.25, -0.2) is 0 Å². The fraction of sp³-hybridized carbons (Fsp3) is 0.875. The van der Waals surface area contributed by atoms with Gasteiger partial charge in [-0.1, -0.05) is 0 Å². The Hall–Kier alpha value is -0.410. The predicted molar refractivity (Wildman–Crippen MR) is 42.0 cm³/mol. The van der Waals surface area contributed by atoms with Gasteiger partial charge in [0.25, 0.3) is 0 Å². The number of aliphatic hydroxyl groups is 1. The van der Waals surface area contributed by atoms with Crippen LogP contribution >= 0.6 is 0 Å². The van der Waals surface area contributed by atoms with E-state index in [0.717, 1.165) is 32.5 Å². The van der Waals surface area contributed by atoms with Gasteiger partial charge in [-0.3, -0.25) is 4.79 Å². The monoisotopic (exact) mass is 156 g/mol. The van der Waals surface area contributed by atoms with Crippen LogP contribution in [0.15, 0.2) is 0 Å². The van der Waals surface area contributed by atoms with E-state index in [-0.39, 0.29) is 6.10 Å². The van der Waals surface area contributed by atoms with Crippen LogP contribution in [-0.2, 0) is 4.79 Å². The lowest BCUT2D eigenvalue weighted by atomic mass is 10.1. The van der Waals surface area contributed by atoms with Crippen molar-refractivity contribution in [2.75, 3.05) is 19.6 Å². The molecule has 11 heavy (non-hydrogen) atoms. The zero-order valence-corrected chi connectivity index (χ0v) is 6.62. The lowest BCUT2D eigenvalue weighted by molar-refractivity contribution is 0.0839. The van der Waals surface area contributed by atoms with Crippen molar-refractivity contribution < 1.29 is 9.90 Å². The van der Waals surface area contributed by atoms with Crippen molar-refractivity contribution in [3.63, 3.8) is 0 Å². The van der Waals surface area contributed by atoms with E-state index in [2.05, 4.69) is 4.90 Å². The highest BCUT2D eigenvalue weighted by Crippen LogP contribution is 2.09. The summed E-state index contributed by atoms with van der Waals surface area (Å²) in [5, 5.41) is 9.15. The standard InChI is InChI=1S/C8H14NO2/c10-7-1-4-9-5-2-8(11)3-6-9/h8,11H,1-6H2. The Morgan fingerprint density at radius 2 is 2.09 bits per heavy atom. The van der Waals surface area contributed by atoms with Gasteiger partial charge < -0.3 is 10.0 Å². The molecule has 1 N–H and O–H groups in total. The Morgan fingerprint density at radius 3 is 2.64 bits per heavy atom. The van der Waals surface area contributed by atoms with Gasteiger partial charge >= 0.3 is 0 Å². The summed E-state index contributed by atoms with van der Waals surface area (Å²) in [6.07, 6.45) is 3.94. The molecule has 0 aromatic rings. The maximum atomic E-state index is 9.91. The molecule has 1 saturated heterocycles. The molecular weight excluding hydrogens is 142 g/mol. The van der Waals surface area contributed by atoms with Gasteiger partial charge in [-0.2, -0.15) is 0 Å². The molecule has 1 heterocycles. The van der Waals surface area contributed by atoms with E-state index in [0.29, 0.717) is 6.42 Å². The average Bonchev–Trinajstić information content (AvgIpc) is 2.04. The number of rotatable bonds is 3. The number of nitrogens with zero attached hydrogens (tertiary/aromatic N) is 1. The van der Waals surface area contributed by atoms with Gasteiger partial charge in [-0.15, -0.1) is 0 Å². The molecule has 0 amide bonds. The van der Waals surface area contributed by atoms with E-state index >= 15 is 0 Å². The van der Waals surface area contributed by atoms with Crippen molar-refractivity contribution in [1.29, 1.82) is 0 Å². The molecule has 1 aliphatic heterocycles. The second-order valence-electron chi connectivity index (χ2n) is 2.97. The minimum Gasteiger partial charge on any atom is -0.393 e. The van der Waals surface area contributed by atoms with Gasteiger partial charge in [0.1, 0.15) is 0 Å². The van der Waals surface area contributed by atoms with Gasteiger partial charge in [0.05, 0.1) is 6.10 Å². The molecule has 3 nitrogen and oxygen atoms in total. The van der Waals surface area contributed by atoms with Crippen LogP contribution in [-0.4, -0.2) is 42.0 Å². The fourth-order valence-electron chi connectivity index (χ4n) is 1.35. The van der Waals surface area contributed by atoms with E-state index in [1.807, 2.05) is 6.29 Å². The normalized spacial score (nSPS) is 21.9. The summed E-state index contributed by atoms with van der Waals surface area (Å²) in [5.41, 5.74) is 0.